The molecule has 0 saturated heterocycles. The lowest BCUT2D eigenvalue weighted by atomic mass is 10.0. The predicted molar refractivity (Wildman–Crippen MR) is 77.8 cm³/mol. The standard InChI is InChI=1S/C14H21FN2O5/c15-8-4-10-7(3-9(8)16)1-2-17(10)5-11(19)13(21)14(22)12(20)6-18/h3-4,11-14,18-22H,1-2,5-6,16H2. The van der Waals surface area contributed by atoms with E-state index in [2.05, 4.69) is 0 Å². The zero-order valence-corrected chi connectivity index (χ0v) is 11.9. The number of nitrogens with zero attached hydrogens (tertiary/aromatic N) is 1. The fraction of sp³-hybridized carbons (Fsp3) is 0.571. The van der Waals surface area contributed by atoms with Crippen LogP contribution in [0.3, 0.4) is 0 Å². The van der Waals surface area contributed by atoms with Gasteiger partial charge >= 0.3 is 0 Å². The second-order valence-corrected chi connectivity index (χ2v) is 5.50. The fourth-order valence-corrected chi connectivity index (χ4v) is 2.58. The first-order valence-corrected chi connectivity index (χ1v) is 7.01. The van der Waals surface area contributed by atoms with Gasteiger partial charge in [0.15, 0.2) is 0 Å². The zero-order valence-electron chi connectivity index (χ0n) is 11.9. The van der Waals surface area contributed by atoms with Crippen LogP contribution < -0.4 is 10.6 Å². The number of benzene rings is 1. The molecule has 0 bridgehead atoms. The summed E-state index contributed by atoms with van der Waals surface area (Å²) in [6.45, 7) is -0.268. The van der Waals surface area contributed by atoms with Gasteiger partial charge in [0.2, 0.25) is 0 Å². The van der Waals surface area contributed by atoms with Gasteiger partial charge in [-0.25, -0.2) is 4.39 Å². The van der Waals surface area contributed by atoms with Crippen LogP contribution in [0, 0.1) is 5.82 Å². The van der Waals surface area contributed by atoms with Crippen molar-refractivity contribution >= 4 is 11.4 Å². The van der Waals surface area contributed by atoms with Crippen LogP contribution in [-0.2, 0) is 6.42 Å². The quantitative estimate of drug-likeness (QED) is 0.342. The summed E-state index contributed by atoms with van der Waals surface area (Å²) in [5.74, 6) is -0.559. The lowest BCUT2D eigenvalue weighted by Gasteiger charge is -2.29. The Balaban J connectivity index is 2.06. The number of rotatable bonds is 6. The largest absolute Gasteiger partial charge is 0.396 e. The van der Waals surface area contributed by atoms with E-state index < -0.39 is 36.8 Å². The molecule has 0 amide bonds. The highest BCUT2D eigenvalue weighted by molar-refractivity contribution is 5.63. The molecule has 4 unspecified atom stereocenters. The molecule has 124 valence electrons. The van der Waals surface area contributed by atoms with Crippen molar-refractivity contribution in [3.05, 3.63) is 23.5 Å². The first-order chi connectivity index (χ1) is 10.3. The van der Waals surface area contributed by atoms with Crippen molar-refractivity contribution < 1.29 is 29.9 Å². The lowest BCUT2D eigenvalue weighted by molar-refractivity contribution is -0.112. The molecule has 0 aromatic heterocycles. The van der Waals surface area contributed by atoms with Crippen molar-refractivity contribution in [3.63, 3.8) is 0 Å². The van der Waals surface area contributed by atoms with Gasteiger partial charge in [0.1, 0.15) is 24.1 Å². The Kier molecular flexibility index (Phi) is 5.20. The third-order valence-corrected chi connectivity index (χ3v) is 3.92. The summed E-state index contributed by atoms with van der Waals surface area (Å²) >= 11 is 0. The number of fused-ring (bicyclic) bond motifs is 1. The summed E-state index contributed by atoms with van der Waals surface area (Å²) < 4.78 is 13.6. The molecule has 1 aromatic carbocycles. The van der Waals surface area contributed by atoms with Crippen LogP contribution in [-0.4, -0.2) is 69.6 Å². The second-order valence-electron chi connectivity index (χ2n) is 5.50. The van der Waals surface area contributed by atoms with Gasteiger partial charge in [-0.2, -0.15) is 0 Å². The van der Waals surface area contributed by atoms with Gasteiger partial charge in [-0.3, -0.25) is 0 Å². The van der Waals surface area contributed by atoms with E-state index in [0.717, 1.165) is 5.56 Å². The van der Waals surface area contributed by atoms with Gasteiger partial charge in [0, 0.05) is 18.8 Å². The topological polar surface area (TPSA) is 130 Å². The summed E-state index contributed by atoms with van der Waals surface area (Å²) in [5.41, 5.74) is 6.99. The summed E-state index contributed by atoms with van der Waals surface area (Å²) in [5, 5.41) is 47.4. The van der Waals surface area contributed by atoms with E-state index >= 15 is 0 Å². The van der Waals surface area contributed by atoms with Crippen LogP contribution in [0.5, 0.6) is 0 Å². The number of halogens is 1. The van der Waals surface area contributed by atoms with E-state index in [4.69, 9.17) is 10.8 Å². The highest BCUT2D eigenvalue weighted by Gasteiger charge is 2.32. The van der Waals surface area contributed by atoms with E-state index in [1.165, 1.54) is 12.1 Å². The Bertz CT molecular complexity index is 530. The number of aliphatic hydroxyl groups excluding tert-OH is 5. The summed E-state index contributed by atoms with van der Waals surface area (Å²) in [7, 11) is 0. The maximum absolute atomic E-state index is 13.6. The van der Waals surface area contributed by atoms with Crippen LogP contribution in [0.25, 0.3) is 0 Å². The number of nitrogen functional groups attached to an aromatic ring is 1. The molecule has 1 aromatic rings. The SMILES string of the molecule is Nc1cc2c(cc1F)N(CC(O)C(O)C(O)C(O)CO)CC2. The number of hydrogen-bond donors (Lipinski definition) is 6. The van der Waals surface area contributed by atoms with Crippen LogP contribution in [0.1, 0.15) is 5.56 Å². The minimum atomic E-state index is -1.68. The number of nitrogens with two attached hydrogens (primary N) is 1. The van der Waals surface area contributed by atoms with Crippen molar-refractivity contribution in [1.29, 1.82) is 0 Å². The number of aliphatic hydroxyl groups is 5. The molecule has 1 aliphatic rings. The molecule has 22 heavy (non-hydrogen) atoms. The van der Waals surface area contributed by atoms with Gasteiger partial charge in [-0.1, -0.05) is 0 Å². The monoisotopic (exact) mass is 316 g/mol. The van der Waals surface area contributed by atoms with E-state index in [1.807, 2.05) is 0 Å². The number of hydrogen-bond acceptors (Lipinski definition) is 7. The highest BCUT2D eigenvalue weighted by atomic mass is 19.1. The van der Waals surface area contributed by atoms with Crippen LogP contribution in [0.4, 0.5) is 15.8 Å². The molecule has 0 spiro atoms. The molecule has 7 nitrogen and oxygen atoms in total. The van der Waals surface area contributed by atoms with Crippen molar-refractivity contribution in [3.8, 4) is 0 Å². The zero-order chi connectivity index (χ0) is 16.4. The number of anilines is 2. The van der Waals surface area contributed by atoms with Gasteiger partial charge in [-0.15, -0.1) is 0 Å². The average Bonchev–Trinajstić information content (AvgIpc) is 2.87. The predicted octanol–water partition coefficient (Wildman–Crippen LogP) is -1.79. The minimum absolute atomic E-state index is 0.0489. The molecule has 4 atom stereocenters. The van der Waals surface area contributed by atoms with Crippen LogP contribution in [0.15, 0.2) is 12.1 Å². The summed E-state index contributed by atoms with van der Waals surface area (Å²) in [6, 6.07) is 2.81. The fourth-order valence-electron chi connectivity index (χ4n) is 2.58. The van der Waals surface area contributed by atoms with Crippen LogP contribution in [0.2, 0.25) is 0 Å². The highest BCUT2D eigenvalue weighted by Crippen LogP contribution is 2.31. The van der Waals surface area contributed by atoms with E-state index in [9.17, 15) is 24.8 Å². The van der Waals surface area contributed by atoms with E-state index in [0.29, 0.717) is 18.7 Å². The normalized spacial score (nSPS) is 19.6. The van der Waals surface area contributed by atoms with E-state index in [1.54, 1.807) is 4.90 Å². The molecule has 0 radical (unpaired) electrons. The van der Waals surface area contributed by atoms with Crippen LogP contribution >= 0.6 is 0 Å². The molecule has 0 aliphatic carbocycles. The Hall–Kier alpha value is -1.45. The van der Waals surface area contributed by atoms with Crippen molar-refractivity contribution in [1.82, 2.24) is 0 Å². The summed E-state index contributed by atoms with van der Waals surface area (Å²) in [4.78, 5) is 1.67. The molecule has 7 N–H and O–H groups in total. The maximum atomic E-state index is 13.6. The summed E-state index contributed by atoms with van der Waals surface area (Å²) in [6.07, 6.45) is -5.60. The maximum Gasteiger partial charge on any atom is 0.148 e. The van der Waals surface area contributed by atoms with Crippen molar-refractivity contribution in [2.75, 3.05) is 30.3 Å². The molecule has 1 aliphatic heterocycles. The van der Waals surface area contributed by atoms with Gasteiger partial charge in [0.05, 0.1) is 18.4 Å². The third kappa shape index (κ3) is 3.31. The second kappa shape index (κ2) is 6.76. The Labute approximate surface area is 127 Å². The van der Waals surface area contributed by atoms with Crippen molar-refractivity contribution in [2.24, 2.45) is 0 Å². The molecular formula is C14H21FN2O5. The Morgan fingerprint density at radius 3 is 2.41 bits per heavy atom. The average molecular weight is 316 g/mol. The third-order valence-electron chi connectivity index (χ3n) is 3.92. The van der Waals surface area contributed by atoms with Gasteiger partial charge in [0.25, 0.3) is 0 Å². The van der Waals surface area contributed by atoms with Crippen molar-refractivity contribution in [2.45, 2.75) is 30.8 Å². The molecule has 2 rings (SSSR count). The minimum Gasteiger partial charge on any atom is -0.396 e. The first-order valence-electron chi connectivity index (χ1n) is 7.01. The Morgan fingerprint density at radius 1 is 1.14 bits per heavy atom. The van der Waals surface area contributed by atoms with E-state index in [-0.39, 0.29) is 12.2 Å². The van der Waals surface area contributed by atoms with Gasteiger partial charge in [-0.05, 0) is 24.1 Å². The molecule has 0 saturated carbocycles. The smallest absolute Gasteiger partial charge is 0.148 e. The Morgan fingerprint density at radius 2 is 1.77 bits per heavy atom. The molecule has 0 fully saturated rings. The first kappa shape index (κ1) is 16.9. The molecular weight excluding hydrogens is 295 g/mol. The molecule has 8 heteroatoms. The number of β-amino-alcohol motifs (C(OH)–C–C–N with tert-alkyl or cyclic N) is 1. The van der Waals surface area contributed by atoms with Gasteiger partial charge < -0.3 is 36.2 Å². The lowest BCUT2D eigenvalue weighted by Crippen LogP contribution is -2.49. The molecule has 1 heterocycles.